The van der Waals surface area contributed by atoms with E-state index in [2.05, 4.69) is 20.8 Å². The Labute approximate surface area is 85.4 Å². The van der Waals surface area contributed by atoms with Gasteiger partial charge in [-0.1, -0.05) is 27.7 Å². The van der Waals surface area contributed by atoms with Crippen LogP contribution in [0.25, 0.3) is 0 Å². The first-order valence-electron chi connectivity index (χ1n) is 4.67. The maximum Gasteiger partial charge on any atom is 0.309 e. The van der Waals surface area contributed by atoms with Crippen molar-refractivity contribution in [2.75, 3.05) is 12.4 Å². The van der Waals surface area contributed by atoms with Crippen LogP contribution in [0.4, 0.5) is 0 Å². The van der Waals surface area contributed by atoms with Crippen molar-refractivity contribution in [3.63, 3.8) is 0 Å². The fraction of sp³-hybridized carbons (Fsp3) is 0.900. The highest BCUT2D eigenvalue weighted by Gasteiger charge is 2.18. The highest BCUT2D eigenvalue weighted by Crippen LogP contribution is 2.25. The molecule has 0 N–H and O–H groups in total. The van der Waals surface area contributed by atoms with Gasteiger partial charge in [0.15, 0.2) is 0 Å². The number of esters is 1. The highest BCUT2D eigenvalue weighted by molar-refractivity contribution is 8.00. The number of hydrogen-bond acceptors (Lipinski definition) is 3. The lowest BCUT2D eigenvalue weighted by atomic mass is 10.2. The van der Waals surface area contributed by atoms with Crippen molar-refractivity contribution >= 4 is 17.7 Å². The molecule has 0 fully saturated rings. The SMILES string of the molecule is CCOC(=O)C(C)CSC(C)(C)C. The van der Waals surface area contributed by atoms with E-state index >= 15 is 0 Å². The van der Waals surface area contributed by atoms with Crippen molar-refractivity contribution in [2.45, 2.75) is 39.4 Å². The topological polar surface area (TPSA) is 26.3 Å². The molecule has 0 heterocycles. The molecule has 0 aliphatic rings. The van der Waals surface area contributed by atoms with Gasteiger partial charge >= 0.3 is 5.97 Å². The zero-order valence-corrected chi connectivity index (χ0v) is 10.0. The minimum atomic E-state index is -0.0840. The Morgan fingerprint density at radius 1 is 1.46 bits per heavy atom. The van der Waals surface area contributed by atoms with Gasteiger partial charge in [0.05, 0.1) is 12.5 Å². The molecule has 0 bridgehead atoms. The largest absolute Gasteiger partial charge is 0.466 e. The van der Waals surface area contributed by atoms with E-state index in [9.17, 15) is 4.79 Å². The zero-order valence-electron chi connectivity index (χ0n) is 9.22. The molecular weight excluding hydrogens is 184 g/mol. The summed E-state index contributed by atoms with van der Waals surface area (Å²) in [5.41, 5.74) is 0. The number of thioether (sulfide) groups is 1. The third-order valence-electron chi connectivity index (χ3n) is 1.46. The molecule has 78 valence electrons. The van der Waals surface area contributed by atoms with Gasteiger partial charge in [-0.05, 0) is 6.92 Å². The van der Waals surface area contributed by atoms with Gasteiger partial charge in [-0.25, -0.2) is 0 Å². The van der Waals surface area contributed by atoms with E-state index in [1.165, 1.54) is 0 Å². The van der Waals surface area contributed by atoms with Gasteiger partial charge in [0.1, 0.15) is 0 Å². The number of ether oxygens (including phenoxy) is 1. The van der Waals surface area contributed by atoms with Gasteiger partial charge in [0.25, 0.3) is 0 Å². The molecule has 0 saturated carbocycles. The Morgan fingerprint density at radius 2 is 2.00 bits per heavy atom. The smallest absolute Gasteiger partial charge is 0.309 e. The molecule has 0 aromatic carbocycles. The second kappa shape index (κ2) is 5.53. The Bertz CT molecular complexity index is 161. The van der Waals surface area contributed by atoms with Crippen molar-refractivity contribution in [3.8, 4) is 0 Å². The van der Waals surface area contributed by atoms with Gasteiger partial charge in [-0.15, -0.1) is 0 Å². The second-order valence-electron chi connectivity index (χ2n) is 4.08. The highest BCUT2D eigenvalue weighted by atomic mass is 32.2. The van der Waals surface area contributed by atoms with E-state index < -0.39 is 0 Å². The lowest BCUT2D eigenvalue weighted by Crippen LogP contribution is -2.20. The van der Waals surface area contributed by atoms with Gasteiger partial charge in [-0.3, -0.25) is 4.79 Å². The summed E-state index contributed by atoms with van der Waals surface area (Å²) in [6.45, 7) is 10.7. The summed E-state index contributed by atoms with van der Waals surface area (Å²) < 4.78 is 5.14. The third kappa shape index (κ3) is 6.94. The van der Waals surface area contributed by atoms with E-state index in [1.807, 2.05) is 13.8 Å². The summed E-state index contributed by atoms with van der Waals surface area (Å²) in [7, 11) is 0. The summed E-state index contributed by atoms with van der Waals surface area (Å²) in [6.07, 6.45) is 0. The van der Waals surface area contributed by atoms with Crippen LogP contribution in [0.3, 0.4) is 0 Å². The van der Waals surface area contributed by atoms with Crippen LogP contribution in [0.5, 0.6) is 0 Å². The molecule has 0 aromatic heterocycles. The van der Waals surface area contributed by atoms with Crippen LogP contribution in [0, 0.1) is 5.92 Å². The summed E-state index contributed by atoms with van der Waals surface area (Å²) in [4.78, 5) is 11.2. The number of rotatable bonds is 4. The normalized spacial score (nSPS) is 13.9. The van der Waals surface area contributed by atoms with Crippen LogP contribution in [-0.2, 0) is 9.53 Å². The standard InChI is InChI=1S/C10H20O2S/c1-6-12-9(11)8(2)7-13-10(3,4)5/h8H,6-7H2,1-5H3. The molecule has 0 spiro atoms. The van der Waals surface area contributed by atoms with Crippen LogP contribution >= 0.6 is 11.8 Å². The third-order valence-corrected chi connectivity index (χ3v) is 2.99. The Kier molecular flexibility index (Phi) is 5.45. The molecule has 0 rings (SSSR count). The first-order valence-corrected chi connectivity index (χ1v) is 5.66. The molecule has 1 unspecified atom stereocenters. The van der Waals surface area contributed by atoms with Gasteiger partial charge in [0, 0.05) is 10.5 Å². The zero-order chi connectivity index (χ0) is 10.5. The van der Waals surface area contributed by atoms with Crippen molar-refractivity contribution in [1.29, 1.82) is 0 Å². The number of carbonyl (C=O) groups is 1. The van der Waals surface area contributed by atoms with Crippen LogP contribution in [0.1, 0.15) is 34.6 Å². The second-order valence-corrected chi connectivity index (χ2v) is 5.92. The first kappa shape index (κ1) is 12.8. The lowest BCUT2D eigenvalue weighted by Gasteiger charge is -2.19. The molecule has 2 nitrogen and oxygen atoms in total. The average Bonchev–Trinajstić information content (AvgIpc) is 1.99. The first-order chi connectivity index (χ1) is 5.87. The van der Waals surface area contributed by atoms with E-state index in [4.69, 9.17) is 4.74 Å². The average molecular weight is 204 g/mol. The maximum absolute atomic E-state index is 11.2. The Morgan fingerprint density at radius 3 is 2.38 bits per heavy atom. The fourth-order valence-corrected chi connectivity index (χ4v) is 1.61. The molecule has 0 aliphatic heterocycles. The molecule has 0 amide bonds. The van der Waals surface area contributed by atoms with Crippen molar-refractivity contribution in [2.24, 2.45) is 5.92 Å². The summed E-state index contributed by atoms with van der Waals surface area (Å²) in [6, 6.07) is 0. The Balaban J connectivity index is 3.74. The summed E-state index contributed by atoms with van der Waals surface area (Å²) >= 11 is 1.80. The van der Waals surface area contributed by atoms with Crippen molar-refractivity contribution in [1.82, 2.24) is 0 Å². The molecule has 1 atom stereocenters. The molecule has 3 heteroatoms. The quantitative estimate of drug-likeness (QED) is 0.659. The molecular formula is C10H20O2S. The predicted molar refractivity (Wildman–Crippen MR) is 58.0 cm³/mol. The number of carbonyl (C=O) groups excluding carboxylic acids is 1. The molecule has 0 aliphatic carbocycles. The fourth-order valence-electron chi connectivity index (χ4n) is 0.728. The maximum atomic E-state index is 11.2. The van der Waals surface area contributed by atoms with Crippen LogP contribution in [-0.4, -0.2) is 23.1 Å². The summed E-state index contributed by atoms with van der Waals surface area (Å²) in [5, 5.41) is 0. The predicted octanol–water partition coefficient (Wildman–Crippen LogP) is 2.72. The molecule has 13 heavy (non-hydrogen) atoms. The van der Waals surface area contributed by atoms with Crippen molar-refractivity contribution in [3.05, 3.63) is 0 Å². The Hall–Kier alpha value is -0.180. The van der Waals surface area contributed by atoms with Crippen LogP contribution < -0.4 is 0 Å². The van der Waals surface area contributed by atoms with Gasteiger partial charge in [-0.2, -0.15) is 11.8 Å². The molecule has 0 saturated heterocycles. The van der Waals surface area contributed by atoms with E-state index in [-0.39, 0.29) is 16.6 Å². The van der Waals surface area contributed by atoms with E-state index in [1.54, 1.807) is 11.8 Å². The monoisotopic (exact) mass is 204 g/mol. The summed E-state index contributed by atoms with van der Waals surface area (Å²) in [5.74, 6) is 0.755. The molecule has 0 aromatic rings. The minimum Gasteiger partial charge on any atom is -0.466 e. The lowest BCUT2D eigenvalue weighted by molar-refractivity contribution is -0.146. The number of hydrogen-bond donors (Lipinski definition) is 0. The van der Waals surface area contributed by atoms with E-state index in [0.29, 0.717) is 6.61 Å². The van der Waals surface area contributed by atoms with Gasteiger partial charge < -0.3 is 4.74 Å². The van der Waals surface area contributed by atoms with Crippen molar-refractivity contribution < 1.29 is 9.53 Å². The van der Waals surface area contributed by atoms with Gasteiger partial charge in [0.2, 0.25) is 0 Å². The van der Waals surface area contributed by atoms with Crippen LogP contribution in [0.15, 0.2) is 0 Å². The van der Waals surface area contributed by atoms with E-state index in [0.717, 1.165) is 5.75 Å². The minimum absolute atomic E-state index is 0.00387. The van der Waals surface area contributed by atoms with Crippen LogP contribution in [0.2, 0.25) is 0 Å². The molecule has 0 radical (unpaired) electrons.